The molecule has 1 aromatic heterocycles. The molecule has 6 nitrogen and oxygen atoms in total. The summed E-state index contributed by atoms with van der Waals surface area (Å²) in [6.45, 7) is 2.52. The summed E-state index contributed by atoms with van der Waals surface area (Å²) in [5, 5.41) is 9.29. The summed E-state index contributed by atoms with van der Waals surface area (Å²) in [6.07, 6.45) is 2.66. The first-order valence-electron chi connectivity index (χ1n) is 9.35. The summed E-state index contributed by atoms with van der Waals surface area (Å²) in [6, 6.07) is 10.2. The van der Waals surface area contributed by atoms with Crippen LogP contribution < -0.4 is 10.6 Å². The second kappa shape index (κ2) is 11.4. The lowest BCUT2D eigenvalue weighted by molar-refractivity contribution is -0.121. The number of likely N-dealkylation sites (tertiary alicyclic amines) is 1. The van der Waals surface area contributed by atoms with E-state index in [1.54, 1.807) is 18.4 Å². The van der Waals surface area contributed by atoms with E-state index in [4.69, 9.17) is 4.98 Å². The normalized spacial score (nSPS) is 15.1. The number of nitrogens with one attached hydrogen (secondary N) is 2. The molecule has 152 valence electrons. The Morgan fingerprint density at radius 3 is 2.64 bits per heavy atom. The van der Waals surface area contributed by atoms with Gasteiger partial charge in [0, 0.05) is 44.5 Å². The van der Waals surface area contributed by atoms with Crippen molar-refractivity contribution in [3.05, 3.63) is 40.7 Å². The number of carbonyl (C=O) groups is 1. The molecule has 0 spiro atoms. The van der Waals surface area contributed by atoms with E-state index in [2.05, 4.69) is 38.0 Å². The molecule has 8 heteroatoms. The molecule has 1 fully saturated rings. The van der Waals surface area contributed by atoms with Crippen LogP contribution in [0.3, 0.4) is 0 Å². The van der Waals surface area contributed by atoms with Crippen molar-refractivity contribution in [3.63, 3.8) is 0 Å². The Morgan fingerprint density at radius 1 is 1.29 bits per heavy atom. The molecule has 2 heterocycles. The molecule has 2 aromatic rings. The van der Waals surface area contributed by atoms with Gasteiger partial charge in [0.05, 0.1) is 12.2 Å². The zero-order chi connectivity index (χ0) is 19.1. The highest BCUT2D eigenvalue weighted by molar-refractivity contribution is 14.0. The Hall–Kier alpha value is -1.68. The van der Waals surface area contributed by atoms with Crippen molar-refractivity contribution in [2.45, 2.75) is 25.8 Å². The van der Waals surface area contributed by atoms with E-state index in [1.165, 1.54) is 0 Å². The fraction of sp³-hybridized carbons (Fsp3) is 0.450. The fourth-order valence-corrected chi connectivity index (χ4v) is 4.08. The maximum absolute atomic E-state index is 11.5. The zero-order valence-corrected chi connectivity index (χ0v) is 19.5. The van der Waals surface area contributed by atoms with Gasteiger partial charge in [-0.2, -0.15) is 0 Å². The number of amides is 1. The number of rotatable bonds is 5. The van der Waals surface area contributed by atoms with Gasteiger partial charge < -0.3 is 15.5 Å². The van der Waals surface area contributed by atoms with E-state index < -0.39 is 0 Å². The Balaban J connectivity index is 0.00000280. The summed E-state index contributed by atoms with van der Waals surface area (Å²) in [5.41, 5.74) is 2.16. The monoisotopic (exact) mass is 513 g/mol. The average Bonchev–Trinajstić information content (AvgIpc) is 3.19. The highest BCUT2D eigenvalue weighted by atomic mass is 127. The second-order valence-electron chi connectivity index (χ2n) is 6.70. The SMILES string of the molecule is CN=C(NCc1nc(-c2ccccc2)cs1)N1CCC(CC(=O)NC)CC1.I. The van der Waals surface area contributed by atoms with Crippen molar-refractivity contribution in [2.24, 2.45) is 10.9 Å². The summed E-state index contributed by atoms with van der Waals surface area (Å²) < 4.78 is 0. The number of guanidine groups is 1. The third-order valence-electron chi connectivity index (χ3n) is 4.90. The van der Waals surface area contributed by atoms with E-state index >= 15 is 0 Å². The van der Waals surface area contributed by atoms with Gasteiger partial charge in [-0.25, -0.2) is 4.98 Å². The highest BCUT2D eigenvalue weighted by Crippen LogP contribution is 2.22. The topological polar surface area (TPSA) is 69.6 Å². The van der Waals surface area contributed by atoms with Crippen LogP contribution in [-0.2, 0) is 11.3 Å². The van der Waals surface area contributed by atoms with Gasteiger partial charge in [-0.3, -0.25) is 9.79 Å². The predicted molar refractivity (Wildman–Crippen MR) is 126 cm³/mol. The van der Waals surface area contributed by atoms with Crippen LogP contribution >= 0.6 is 35.3 Å². The van der Waals surface area contributed by atoms with E-state index in [9.17, 15) is 4.79 Å². The molecule has 0 aliphatic carbocycles. The molecule has 1 aliphatic heterocycles. The Labute approximate surface area is 187 Å². The number of aromatic nitrogens is 1. The lowest BCUT2D eigenvalue weighted by Gasteiger charge is -2.33. The van der Waals surface area contributed by atoms with Gasteiger partial charge in [0.15, 0.2) is 5.96 Å². The first kappa shape index (κ1) is 22.6. The minimum atomic E-state index is 0. The summed E-state index contributed by atoms with van der Waals surface area (Å²) in [5.74, 6) is 1.51. The molecular formula is C20H28IN5OS. The minimum Gasteiger partial charge on any atom is -0.359 e. The largest absolute Gasteiger partial charge is 0.359 e. The molecule has 1 amide bonds. The van der Waals surface area contributed by atoms with Gasteiger partial charge in [0.25, 0.3) is 0 Å². The maximum atomic E-state index is 11.5. The van der Waals surface area contributed by atoms with Crippen LogP contribution in [0.5, 0.6) is 0 Å². The minimum absolute atomic E-state index is 0. The molecule has 1 aromatic carbocycles. The van der Waals surface area contributed by atoms with Gasteiger partial charge in [0.1, 0.15) is 5.01 Å². The third-order valence-corrected chi connectivity index (χ3v) is 5.75. The number of piperidine rings is 1. The molecule has 0 atom stereocenters. The number of carbonyl (C=O) groups excluding carboxylic acids is 1. The smallest absolute Gasteiger partial charge is 0.220 e. The Bertz CT molecular complexity index is 772. The van der Waals surface area contributed by atoms with Crippen molar-refractivity contribution in [2.75, 3.05) is 27.2 Å². The lowest BCUT2D eigenvalue weighted by Crippen LogP contribution is -2.45. The standard InChI is InChI=1S/C20H27N5OS.HI/c1-21-18(26)12-15-8-10-25(11-9-15)20(22-2)23-13-19-24-17(14-27-19)16-6-4-3-5-7-16;/h3-7,14-15H,8-13H2,1-2H3,(H,21,26)(H,22,23);1H. The maximum Gasteiger partial charge on any atom is 0.220 e. The van der Waals surface area contributed by atoms with Crippen LogP contribution in [0.4, 0.5) is 0 Å². The number of thiazole rings is 1. The van der Waals surface area contributed by atoms with E-state index in [-0.39, 0.29) is 29.9 Å². The van der Waals surface area contributed by atoms with Crippen LogP contribution in [0, 0.1) is 5.92 Å². The Kier molecular flexibility index (Phi) is 9.17. The first-order chi connectivity index (χ1) is 13.2. The van der Waals surface area contributed by atoms with Crippen LogP contribution in [0.2, 0.25) is 0 Å². The average molecular weight is 513 g/mol. The van der Waals surface area contributed by atoms with Gasteiger partial charge in [-0.15, -0.1) is 35.3 Å². The lowest BCUT2D eigenvalue weighted by atomic mass is 9.93. The third kappa shape index (κ3) is 6.16. The van der Waals surface area contributed by atoms with Crippen molar-refractivity contribution in [1.29, 1.82) is 0 Å². The van der Waals surface area contributed by atoms with Crippen molar-refractivity contribution in [1.82, 2.24) is 20.5 Å². The molecule has 28 heavy (non-hydrogen) atoms. The summed E-state index contributed by atoms with van der Waals surface area (Å²) in [4.78, 5) is 23.0. The Morgan fingerprint density at radius 2 is 2.00 bits per heavy atom. The van der Waals surface area contributed by atoms with Crippen LogP contribution in [0.15, 0.2) is 40.7 Å². The summed E-state index contributed by atoms with van der Waals surface area (Å²) >= 11 is 1.66. The van der Waals surface area contributed by atoms with Crippen LogP contribution in [0.1, 0.15) is 24.3 Å². The molecule has 0 unspecified atom stereocenters. The van der Waals surface area contributed by atoms with Crippen LogP contribution in [0.25, 0.3) is 11.3 Å². The fourth-order valence-electron chi connectivity index (χ4n) is 3.33. The molecule has 0 saturated carbocycles. The van der Waals surface area contributed by atoms with E-state index in [0.717, 1.165) is 48.2 Å². The van der Waals surface area contributed by atoms with Crippen molar-refractivity contribution >= 4 is 47.2 Å². The zero-order valence-electron chi connectivity index (χ0n) is 16.4. The number of benzene rings is 1. The second-order valence-corrected chi connectivity index (χ2v) is 7.64. The van der Waals surface area contributed by atoms with Gasteiger partial charge in [-0.1, -0.05) is 30.3 Å². The molecule has 3 rings (SSSR count). The summed E-state index contributed by atoms with van der Waals surface area (Å²) in [7, 11) is 3.52. The van der Waals surface area contributed by atoms with E-state index in [0.29, 0.717) is 18.9 Å². The molecule has 1 aliphatic rings. The molecule has 0 radical (unpaired) electrons. The van der Waals surface area contributed by atoms with Crippen molar-refractivity contribution < 1.29 is 4.79 Å². The molecule has 0 bridgehead atoms. The highest BCUT2D eigenvalue weighted by Gasteiger charge is 2.23. The molecular weight excluding hydrogens is 485 g/mol. The molecule has 2 N–H and O–H groups in total. The van der Waals surface area contributed by atoms with Crippen molar-refractivity contribution in [3.8, 4) is 11.3 Å². The van der Waals surface area contributed by atoms with Gasteiger partial charge >= 0.3 is 0 Å². The number of aliphatic imine (C=N–C) groups is 1. The predicted octanol–water partition coefficient (Wildman–Crippen LogP) is 3.35. The van der Waals surface area contributed by atoms with Crippen LogP contribution in [-0.4, -0.2) is 48.9 Å². The van der Waals surface area contributed by atoms with Gasteiger partial charge in [0.2, 0.25) is 5.91 Å². The van der Waals surface area contributed by atoms with Gasteiger partial charge in [-0.05, 0) is 18.8 Å². The number of hydrogen-bond acceptors (Lipinski definition) is 4. The number of nitrogens with zero attached hydrogens (tertiary/aromatic N) is 3. The quantitative estimate of drug-likeness (QED) is 0.366. The first-order valence-corrected chi connectivity index (χ1v) is 10.2. The number of halogens is 1. The number of hydrogen-bond donors (Lipinski definition) is 2. The van der Waals surface area contributed by atoms with E-state index in [1.807, 2.05) is 25.2 Å². The molecule has 1 saturated heterocycles.